The van der Waals surface area contributed by atoms with Crippen molar-refractivity contribution < 1.29 is 9.59 Å². The summed E-state index contributed by atoms with van der Waals surface area (Å²) in [5.41, 5.74) is 3.43. The maximum Gasteiger partial charge on any atom is 0.227 e. The van der Waals surface area contributed by atoms with Gasteiger partial charge in [-0.05, 0) is 25.5 Å². The zero-order valence-electron chi connectivity index (χ0n) is 14.3. The van der Waals surface area contributed by atoms with Gasteiger partial charge in [0.25, 0.3) is 0 Å². The lowest BCUT2D eigenvalue weighted by atomic mass is 10.1. The molecule has 1 fully saturated rings. The van der Waals surface area contributed by atoms with Crippen molar-refractivity contribution in [1.82, 2.24) is 14.4 Å². The molecule has 1 aliphatic rings. The minimum Gasteiger partial charge on any atom is -0.352 e. The summed E-state index contributed by atoms with van der Waals surface area (Å²) in [4.78, 5) is 28.2. The smallest absolute Gasteiger partial charge is 0.227 e. The summed E-state index contributed by atoms with van der Waals surface area (Å²) in [6, 6.07) is 2.09. The number of carbonyl (C=O) groups is 2. The first kappa shape index (κ1) is 16.6. The molecule has 1 aromatic heterocycles. The molecule has 0 radical (unpaired) electrons. The highest BCUT2D eigenvalue weighted by Crippen LogP contribution is 2.16. The molecule has 5 nitrogen and oxygen atoms in total. The molecule has 0 aromatic carbocycles. The van der Waals surface area contributed by atoms with E-state index in [2.05, 4.69) is 24.5 Å². The van der Waals surface area contributed by atoms with E-state index in [0.717, 1.165) is 11.3 Å². The van der Waals surface area contributed by atoms with E-state index in [1.54, 1.807) is 0 Å². The number of carbonyl (C=O) groups excluding carboxylic acids is 2. The Hall–Kier alpha value is -1.78. The zero-order valence-corrected chi connectivity index (χ0v) is 14.3. The lowest BCUT2D eigenvalue weighted by Crippen LogP contribution is -2.51. The largest absolute Gasteiger partial charge is 0.352 e. The van der Waals surface area contributed by atoms with Gasteiger partial charge in [-0.15, -0.1) is 0 Å². The first-order valence-corrected chi connectivity index (χ1v) is 7.99. The Morgan fingerprint density at radius 2 is 1.64 bits per heavy atom. The van der Waals surface area contributed by atoms with Gasteiger partial charge in [0, 0.05) is 50.5 Å². The van der Waals surface area contributed by atoms with Gasteiger partial charge in [-0.25, -0.2) is 0 Å². The number of hydrogen-bond donors (Lipinski definition) is 0. The summed E-state index contributed by atoms with van der Waals surface area (Å²) in [6.45, 7) is 10.5. The van der Waals surface area contributed by atoms with Crippen LogP contribution in [-0.4, -0.2) is 52.4 Å². The van der Waals surface area contributed by atoms with Crippen molar-refractivity contribution in [2.45, 2.75) is 34.1 Å². The van der Waals surface area contributed by atoms with Gasteiger partial charge in [0.15, 0.2) is 0 Å². The van der Waals surface area contributed by atoms with Gasteiger partial charge in [0.2, 0.25) is 11.8 Å². The Bertz CT molecular complexity index is 567. The molecule has 122 valence electrons. The quantitative estimate of drug-likeness (QED) is 0.850. The van der Waals surface area contributed by atoms with Crippen LogP contribution in [0.1, 0.15) is 30.8 Å². The Balaban J connectivity index is 1.93. The lowest BCUT2D eigenvalue weighted by molar-refractivity contribution is -0.141. The van der Waals surface area contributed by atoms with E-state index in [4.69, 9.17) is 0 Å². The summed E-state index contributed by atoms with van der Waals surface area (Å²) < 4.78 is 2.11. The Labute approximate surface area is 132 Å². The van der Waals surface area contributed by atoms with Gasteiger partial charge in [0.05, 0.1) is 6.42 Å². The fourth-order valence-corrected chi connectivity index (χ4v) is 2.93. The maximum absolute atomic E-state index is 12.5. The minimum absolute atomic E-state index is 0.0252. The molecule has 0 N–H and O–H groups in total. The number of amides is 2. The third kappa shape index (κ3) is 3.34. The average molecular weight is 305 g/mol. The van der Waals surface area contributed by atoms with Crippen LogP contribution in [0.25, 0.3) is 0 Å². The number of aryl methyl sites for hydroxylation is 1. The second-order valence-electron chi connectivity index (χ2n) is 6.49. The van der Waals surface area contributed by atoms with Crippen LogP contribution in [0.5, 0.6) is 0 Å². The van der Waals surface area contributed by atoms with Crippen molar-refractivity contribution in [3.05, 3.63) is 23.0 Å². The zero-order chi connectivity index (χ0) is 16.4. The molecule has 0 saturated carbocycles. The summed E-state index contributed by atoms with van der Waals surface area (Å²) in [7, 11) is 2.02. The van der Waals surface area contributed by atoms with E-state index in [1.807, 2.05) is 30.7 Å². The number of hydrogen-bond acceptors (Lipinski definition) is 2. The van der Waals surface area contributed by atoms with Gasteiger partial charge in [-0.1, -0.05) is 13.8 Å². The first-order chi connectivity index (χ1) is 10.3. The summed E-state index contributed by atoms with van der Waals surface area (Å²) in [5, 5.41) is 0. The molecule has 2 rings (SSSR count). The van der Waals surface area contributed by atoms with Crippen LogP contribution in [0.2, 0.25) is 0 Å². The molecular formula is C17H27N3O2. The predicted molar refractivity (Wildman–Crippen MR) is 86.6 cm³/mol. The molecule has 0 atom stereocenters. The molecule has 1 saturated heterocycles. The Morgan fingerprint density at radius 1 is 1.09 bits per heavy atom. The van der Waals surface area contributed by atoms with Crippen molar-refractivity contribution in [1.29, 1.82) is 0 Å². The summed E-state index contributed by atoms with van der Waals surface area (Å²) in [5.74, 6) is 0.365. The molecule has 2 amide bonds. The lowest BCUT2D eigenvalue weighted by Gasteiger charge is -2.35. The molecule has 1 aliphatic heterocycles. The topological polar surface area (TPSA) is 45.6 Å². The maximum atomic E-state index is 12.5. The van der Waals surface area contributed by atoms with Crippen molar-refractivity contribution >= 4 is 11.8 Å². The molecule has 5 heteroatoms. The summed E-state index contributed by atoms with van der Waals surface area (Å²) >= 11 is 0. The van der Waals surface area contributed by atoms with Crippen LogP contribution in [0.3, 0.4) is 0 Å². The van der Waals surface area contributed by atoms with Crippen LogP contribution >= 0.6 is 0 Å². The van der Waals surface area contributed by atoms with Gasteiger partial charge in [-0.3, -0.25) is 9.59 Å². The Morgan fingerprint density at radius 3 is 2.09 bits per heavy atom. The SMILES string of the molecule is Cc1cc(CC(=O)N2CCN(C(=O)C(C)C)CC2)c(C)n1C. The van der Waals surface area contributed by atoms with Crippen LogP contribution < -0.4 is 0 Å². The molecule has 0 bridgehead atoms. The molecule has 22 heavy (non-hydrogen) atoms. The molecule has 1 aromatic rings. The first-order valence-electron chi connectivity index (χ1n) is 7.99. The predicted octanol–water partition coefficient (Wildman–Crippen LogP) is 1.51. The highest BCUT2D eigenvalue weighted by Gasteiger charge is 2.25. The second-order valence-corrected chi connectivity index (χ2v) is 6.49. The number of aromatic nitrogens is 1. The fraction of sp³-hybridized carbons (Fsp3) is 0.647. The van der Waals surface area contributed by atoms with E-state index < -0.39 is 0 Å². The Kier molecular flexibility index (Phi) is 4.94. The van der Waals surface area contributed by atoms with Crippen LogP contribution in [0, 0.1) is 19.8 Å². The molecular weight excluding hydrogens is 278 g/mol. The normalized spacial score (nSPS) is 15.5. The fourth-order valence-electron chi connectivity index (χ4n) is 2.93. The van der Waals surface area contributed by atoms with E-state index in [9.17, 15) is 9.59 Å². The van der Waals surface area contributed by atoms with E-state index in [-0.39, 0.29) is 17.7 Å². The molecule has 0 spiro atoms. The summed E-state index contributed by atoms with van der Waals surface area (Å²) in [6.07, 6.45) is 0.450. The van der Waals surface area contributed by atoms with Crippen LogP contribution in [-0.2, 0) is 23.1 Å². The highest BCUT2D eigenvalue weighted by molar-refractivity contribution is 5.81. The second kappa shape index (κ2) is 6.55. The van der Waals surface area contributed by atoms with Crippen molar-refractivity contribution in [2.75, 3.05) is 26.2 Å². The van der Waals surface area contributed by atoms with Crippen molar-refractivity contribution in [2.24, 2.45) is 13.0 Å². The molecule has 2 heterocycles. The standard InChI is InChI=1S/C17H27N3O2/c1-12(2)17(22)20-8-6-19(7-9-20)16(21)11-15-10-13(3)18(5)14(15)4/h10,12H,6-9,11H2,1-5H3. The third-order valence-corrected chi connectivity index (χ3v) is 4.66. The number of rotatable bonds is 3. The third-order valence-electron chi connectivity index (χ3n) is 4.66. The van der Waals surface area contributed by atoms with Crippen molar-refractivity contribution in [3.63, 3.8) is 0 Å². The highest BCUT2D eigenvalue weighted by atomic mass is 16.2. The van der Waals surface area contributed by atoms with E-state index >= 15 is 0 Å². The van der Waals surface area contributed by atoms with Crippen LogP contribution in [0.15, 0.2) is 6.07 Å². The van der Waals surface area contributed by atoms with Crippen LogP contribution in [0.4, 0.5) is 0 Å². The molecule has 0 unspecified atom stereocenters. The molecule has 0 aliphatic carbocycles. The number of nitrogens with zero attached hydrogens (tertiary/aromatic N) is 3. The van der Waals surface area contributed by atoms with Gasteiger partial charge in [0.1, 0.15) is 0 Å². The monoisotopic (exact) mass is 305 g/mol. The van der Waals surface area contributed by atoms with E-state index in [0.29, 0.717) is 32.6 Å². The van der Waals surface area contributed by atoms with Crippen molar-refractivity contribution in [3.8, 4) is 0 Å². The minimum atomic E-state index is 0.0252. The van der Waals surface area contributed by atoms with Gasteiger partial charge >= 0.3 is 0 Å². The number of piperazine rings is 1. The van der Waals surface area contributed by atoms with Gasteiger partial charge < -0.3 is 14.4 Å². The average Bonchev–Trinajstić information content (AvgIpc) is 2.73. The van der Waals surface area contributed by atoms with Gasteiger partial charge in [-0.2, -0.15) is 0 Å². The van der Waals surface area contributed by atoms with E-state index in [1.165, 1.54) is 5.69 Å².